The second-order valence-corrected chi connectivity index (χ2v) is 4.77. The molecule has 1 aliphatic rings. The van der Waals surface area contributed by atoms with Gasteiger partial charge in [0.2, 0.25) is 0 Å². The summed E-state index contributed by atoms with van der Waals surface area (Å²) in [6.07, 6.45) is 3.07. The van der Waals surface area contributed by atoms with Crippen molar-refractivity contribution < 1.29 is 14.3 Å². The summed E-state index contributed by atoms with van der Waals surface area (Å²) in [6.45, 7) is 0.399. The van der Waals surface area contributed by atoms with Crippen LogP contribution in [0.5, 0.6) is 0 Å². The van der Waals surface area contributed by atoms with Gasteiger partial charge in [-0.3, -0.25) is 4.79 Å². The van der Waals surface area contributed by atoms with E-state index in [0.717, 1.165) is 5.69 Å². The summed E-state index contributed by atoms with van der Waals surface area (Å²) in [4.78, 5) is 15.4. The van der Waals surface area contributed by atoms with Gasteiger partial charge >= 0.3 is 5.97 Å². The SMILES string of the molecule is Cl.O=C(O)C1CCc2cnc(-c3cccc(F)c3)n2C1. The summed E-state index contributed by atoms with van der Waals surface area (Å²) < 4.78 is 15.2. The van der Waals surface area contributed by atoms with Crippen LogP contribution >= 0.6 is 12.4 Å². The van der Waals surface area contributed by atoms with Gasteiger partial charge in [0, 0.05) is 24.0 Å². The Morgan fingerprint density at radius 1 is 1.45 bits per heavy atom. The number of hydrogen-bond donors (Lipinski definition) is 1. The number of halogens is 2. The van der Waals surface area contributed by atoms with Crippen LogP contribution in [0, 0.1) is 11.7 Å². The molecule has 1 aliphatic heterocycles. The van der Waals surface area contributed by atoms with Crippen LogP contribution in [0.1, 0.15) is 12.1 Å². The van der Waals surface area contributed by atoms with Gasteiger partial charge < -0.3 is 9.67 Å². The lowest BCUT2D eigenvalue weighted by atomic mass is 9.98. The van der Waals surface area contributed by atoms with E-state index in [2.05, 4.69) is 4.98 Å². The predicted octanol–water partition coefficient (Wildman–Crippen LogP) is 2.76. The molecule has 0 aliphatic carbocycles. The molecule has 0 bridgehead atoms. The van der Waals surface area contributed by atoms with Crippen LogP contribution < -0.4 is 0 Å². The van der Waals surface area contributed by atoms with E-state index in [1.54, 1.807) is 18.3 Å². The number of rotatable bonds is 2. The number of hydrogen-bond acceptors (Lipinski definition) is 2. The van der Waals surface area contributed by atoms with Gasteiger partial charge in [-0.2, -0.15) is 0 Å². The molecule has 0 spiro atoms. The lowest BCUT2D eigenvalue weighted by Gasteiger charge is -2.22. The molecule has 2 heterocycles. The third kappa shape index (κ3) is 2.54. The number of nitrogens with zero attached hydrogens (tertiary/aromatic N) is 2. The van der Waals surface area contributed by atoms with Crippen LogP contribution in [0.4, 0.5) is 4.39 Å². The zero-order chi connectivity index (χ0) is 13.4. The van der Waals surface area contributed by atoms with Gasteiger partial charge in [-0.1, -0.05) is 12.1 Å². The average Bonchev–Trinajstić information content (AvgIpc) is 2.81. The third-order valence-corrected chi connectivity index (χ3v) is 3.52. The number of fused-ring (bicyclic) bond motifs is 1. The molecule has 1 atom stereocenters. The maximum Gasteiger partial charge on any atom is 0.308 e. The fraction of sp³-hybridized carbons (Fsp3) is 0.286. The number of carboxylic acids is 1. The van der Waals surface area contributed by atoms with E-state index in [0.29, 0.717) is 30.8 Å². The lowest BCUT2D eigenvalue weighted by molar-refractivity contribution is -0.142. The first-order chi connectivity index (χ1) is 9.15. The van der Waals surface area contributed by atoms with Gasteiger partial charge in [-0.05, 0) is 25.0 Å². The van der Waals surface area contributed by atoms with E-state index in [4.69, 9.17) is 5.11 Å². The topological polar surface area (TPSA) is 55.1 Å². The molecule has 0 saturated heterocycles. The fourth-order valence-corrected chi connectivity index (χ4v) is 2.51. The molecule has 1 aromatic heterocycles. The van der Waals surface area contributed by atoms with Crippen molar-refractivity contribution in [3.8, 4) is 11.4 Å². The van der Waals surface area contributed by atoms with Crippen LogP contribution in [0.2, 0.25) is 0 Å². The van der Waals surface area contributed by atoms with Crippen molar-refractivity contribution in [2.24, 2.45) is 5.92 Å². The molecular weight excluding hydrogens is 283 g/mol. The number of carboxylic acid groups (broad SMARTS) is 1. The van der Waals surface area contributed by atoms with Crippen LogP contribution in [-0.2, 0) is 17.8 Å². The Labute approximate surface area is 121 Å². The number of aromatic nitrogens is 2. The van der Waals surface area contributed by atoms with Crippen LogP contribution in [0.25, 0.3) is 11.4 Å². The molecule has 1 aromatic carbocycles. The van der Waals surface area contributed by atoms with Crippen molar-refractivity contribution in [1.82, 2.24) is 9.55 Å². The molecule has 6 heteroatoms. The molecule has 1 unspecified atom stereocenters. The highest BCUT2D eigenvalue weighted by Gasteiger charge is 2.26. The molecule has 3 rings (SSSR count). The minimum absolute atomic E-state index is 0. The number of benzene rings is 1. The van der Waals surface area contributed by atoms with Crippen molar-refractivity contribution in [3.63, 3.8) is 0 Å². The second-order valence-electron chi connectivity index (χ2n) is 4.77. The highest BCUT2D eigenvalue weighted by molar-refractivity contribution is 5.85. The van der Waals surface area contributed by atoms with Gasteiger partial charge in [-0.25, -0.2) is 9.37 Å². The largest absolute Gasteiger partial charge is 0.481 e. The zero-order valence-corrected chi connectivity index (χ0v) is 11.4. The van der Waals surface area contributed by atoms with Crippen LogP contribution in [-0.4, -0.2) is 20.6 Å². The summed E-state index contributed by atoms with van der Waals surface area (Å²) in [6, 6.07) is 6.20. The third-order valence-electron chi connectivity index (χ3n) is 3.52. The smallest absolute Gasteiger partial charge is 0.308 e. The van der Waals surface area contributed by atoms with Crippen molar-refractivity contribution in [2.75, 3.05) is 0 Å². The van der Waals surface area contributed by atoms with E-state index >= 15 is 0 Å². The number of aryl methyl sites for hydroxylation is 1. The molecule has 20 heavy (non-hydrogen) atoms. The second kappa shape index (κ2) is 5.63. The molecule has 4 nitrogen and oxygen atoms in total. The van der Waals surface area contributed by atoms with E-state index in [9.17, 15) is 9.18 Å². The van der Waals surface area contributed by atoms with Gasteiger partial charge in [0.1, 0.15) is 11.6 Å². The summed E-state index contributed by atoms with van der Waals surface area (Å²) in [7, 11) is 0. The highest BCUT2D eigenvalue weighted by Crippen LogP contribution is 2.27. The van der Waals surface area contributed by atoms with Crippen molar-refractivity contribution >= 4 is 18.4 Å². The van der Waals surface area contributed by atoms with Gasteiger partial charge in [-0.15, -0.1) is 12.4 Å². The Kier molecular flexibility index (Phi) is 4.09. The van der Waals surface area contributed by atoms with Crippen molar-refractivity contribution in [1.29, 1.82) is 0 Å². The molecular formula is C14H14ClFN2O2. The van der Waals surface area contributed by atoms with Crippen molar-refractivity contribution in [2.45, 2.75) is 19.4 Å². The summed E-state index contributed by atoms with van der Waals surface area (Å²) in [5.41, 5.74) is 1.69. The average molecular weight is 297 g/mol. The summed E-state index contributed by atoms with van der Waals surface area (Å²) in [5.74, 6) is -0.862. The Morgan fingerprint density at radius 3 is 2.95 bits per heavy atom. The first-order valence-electron chi connectivity index (χ1n) is 6.18. The van der Waals surface area contributed by atoms with Crippen LogP contribution in [0.3, 0.4) is 0 Å². The molecule has 0 amide bonds. The normalized spacial score (nSPS) is 17.1. The van der Waals surface area contributed by atoms with E-state index in [-0.39, 0.29) is 18.2 Å². The lowest BCUT2D eigenvalue weighted by Crippen LogP contribution is -2.26. The standard InChI is InChI=1S/C14H13FN2O2.ClH/c15-11-3-1-2-9(6-11)13-16-7-12-5-4-10(14(18)19)8-17(12)13;/h1-3,6-7,10H,4-5,8H2,(H,18,19);1H. The Morgan fingerprint density at radius 2 is 2.25 bits per heavy atom. The van der Waals surface area contributed by atoms with Gasteiger partial charge in [0.25, 0.3) is 0 Å². The Bertz CT molecular complexity index is 642. The summed E-state index contributed by atoms with van der Waals surface area (Å²) in [5, 5.41) is 9.11. The maximum atomic E-state index is 13.3. The minimum Gasteiger partial charge on any atom is -0.481 e. The number of carbonyl (C=O) groups is 1. The zero-order valence-electron chi connectivity index (χ0n) is 10.6. The first-order valence-corrected chi connectivity index (χ1v) is 6.18. The maximum absolute atomic E-state index is 13.3. The molecule has 0 radical (unpaired) electrons. The molecule has 0 saturated carbocycles. The van der Waals surface area contributed by atoms with E-state index in [1.165, 1.54) is 12.1 Å². The monoisotopic (exact) mass is 296 g/mol. The first kappa shape index (κ1) is 14.5. The predicted molar refractivity (Wildman–Crippen MR) is 74.3 cm³/mol. The quantitative estimate of drug-likeness (QED) is 0.927. The molecule has 106 valence electrons. The Balaban J connectivity index is 0.00000147. The summed E-state index contributed by atoms with van der Waals surface area (Å²) >= 11 is 0. The van der Waals surface area contributed by atoms with E-state index < -0.39 is 11.9 Å². The minimum atomic E-state index is -0.787. The highest BCUT2D eigenvalue weighted by atomic mass is 35.5. The van der Waals surface area contributed by atoms with Gasteiger partial charge in [0.15, 0.2) is 0 Å². The number of aliphatic carboxylic acids is 1. The fourth-order valence-electron chi connectivity index (χ4n) is 2.51. The molecule has 1 N–H and O–H groups in total. The van der Waals surface area contributed by atoms with Crippen LogP contribution in [0.15, 0.2) is 30.5 Å². The number of imidazole rings is 1. The van der Waals surface area contributed by atoms with Crippen molar-refractivity contribution in [3.05, 3.63) is 42.0 Å². The molecule has 2 aromatic rings. The molecule has 0 fully saturated rings. The van der Waals surface area contributed by atoms with E-state index in [1.807, 2.05) is 4.57 Å². The van der Waals surface area contributed by atoms with Gasteiger partial charge in [0.05, 0.1) is 5.92 Å². The Hall–Kier alpha value is -1.88.